The molecule has 2 aromatic carbocycles. The number of esters is 1. The number of hydrogen-bond donors (Lipinski definition) is 1. The molecule has 0 atom stereocenters. The first kappa shape index (κ1) is 22.0. The van der Waals surface area contributed by atoms with Crippen LogP contribution in [0.1, 0.15) is 10.4 Å². The molecule has 1 N–H and O–H groups in total. The van der Waals surface area contributed by atoms with Crippen molar-refractivity contribution in [1.82, 2.24) is 5.32 Å². The normalized spacial score (nSPS) is 10.7. The standard InChI is InChI=1S/C20H22N2O6S/c1-4-12-21-19(23)14-28-20(24)15-6-5-7-18(13-15)29(25,26)22(2)16-8-10-17(27-3)11-9-16/h4-11,13H,1,12,14H2,2-3H3,(H,21,23). The summed E-state index contributed by atoms with van der Waals surface area (Å²) in [6, 6.07) is 11.9. The Morgan fingerprint density at radius 1 is 1.17 bits per heavy atom. The Balaban J connectivity index is 2.16. The van der Waals surface area contributed by atoms with Crippen LogP contribution in [0.15, 0.2) is 66.1 Å². The Hall–Kier alpha value is -3.33. The second-order valence-corrected chi connectivity index (χ2v) is 7.84. The number of rotatable bonds is 9. The molecule has 0 bridgehead atoms. The van der Waals surface area contributed by atoms with Gasteiger partial charge in [-0.05, 0) is 42.5 Å². The molecule has 0 saturated carbocycles. The van der Waals surface area contributed by atoms with Gasteiger partial charge < -0.3 is 14.8 Å². The van der Waals surface area contributed by atoms with Crippen LogP contribution in [-0.2, 0) is 19.6 Å². The lowest BCUT2D eigenvalue weighted by atomic mass is 10.2. The van der Waals surface area contributed by atoms with Crippen molar-refractivity contribution < 1.29 is 27.5 Å². The lowest BCUT2D eigenvalue weighted by Gasteiger charge is -2.20. The molecule has 0 aliphatic rings. The third-order valence-corrected chi connectivity index (χ3v) is 5.72. The number of anilines is 1. The molecule has 154 valence electrons. The number of benzene rings is 2. The third kappa shape index (κ3) is 5.58. The van der Waals surface area contributed by atoms with E-state index in [4.69, 9.17) is 9.47 Å². The second-order valence-electron chi connectivity index (χ2n) is 5.87. The van der Waals surface area contributed by atoms with Crippen LogP contribution in [0, 0.1) is 0 Å². The lowest BCUT2D eigenvalue weighted by Crippen LogP contribution is -2.29. The molecule has 0 unspecified atom stereocenters. The molecule has 2 rings (SSSR count). The van der Waals surface area contributed by atoms with Gasteiger partial charge in [0.25, 0.3) is 15.9 Å². The fourth-order valence-corrected chi connectivity index (χ4v) is 3.57. The zero-order valence-corrected chi connectivity index (χ0v) is 16.9. The monoisotopic (exact) mass is 418 g/mol. The molecular weight excluding hydrogens is 396 g/mol. The fraction of sp³-hybridized carbons (Fsp3) is 0.200. The van der Waals surface area contributed by atoms with Crippen molar-refractivity contribution in [2.24, 2.45) is 0 Å². The Bertz CT molecular complexity index is 986. The van der Waals surface area contributed by atoms with Crippen molar-refractivity contribution in [2.45, 2.75) is 4.90 Å². The van der Waals surface area contributed by atoms with Crippen molar-refractivity contribution in [3.05, 3.63) is 66.7 Å². The van der Waals surface area contributed by atoms with Gasteiger partial charge in [-0.3, -0.25) is 9.10 Å². The van der Waals surface area contributed by atoms with Crippen molar-refractivity contribution >= 4 is 27.6 Å². The number of sulfonamides is 1. The summed E-state index contributed by atoms with van der Waals surface area (Å²) in [6.07, 6.45) is 1.49. The van der Waals surface area contributed by atoms with E-state index in [-0.39, 0.29) is 17.0 Å². The van der Waals surface area contributed by atoms with Crippen molar-refractivity contribution in [1.29, 1.82) is 0 Å². The smallest absolute Gasteiger partial charge is 0.338 e. The van der Waals surface area contributed by atoms with E-state index in [1.54, 1.807) is 24.3 Å². The average molecular weight is 418 g/mol. The van der Waals surface area contributed by atoms with Crippen molar-refractivity contribution in [3.8, 4) is 5.75 Å². The van der Waals surface area contributed by atoms with Crippen molar-refractivity contribution in [3.63, 3.8) is 0 Å². The summed E-state index contributed by atoms with van der Waals surface area (Å²) in [5.74, 6) is -0.689. The maximum Gasteiger partial charge on any atom is 0.338 e. The Kier molecular flexibility index (Phi) is 7.38. The van der Waals surface area contributed by atoms with E-state index in [9.17, 15) is 18.0 Å². The maximum atomic E-state index is 12.9. The third-order valence-electron chi connectivity index (χ3n) is 3.94. The summed E-state index contributed by atoms with van der Waals surface area (Å²) in [7, 11) is -0.991. The van der Waals surface area contributed by atoms with Gasteiger partial charge in [-0.1, -0.05) is 12.1 Å². The summed E-state index contributed by atoms with van der Waals surface area (Å²) in [5, 5.41) is 2.47. The topological polar surface area (TPSA) is 102 Å². The minimum atomic E-state index is -3.92. The van der Waals surface area contributed by atoms with Crippen LogP contribution in [-0.4, -0.2) is 47.6 Å². The molecule has 9 heteroatoms. The van der Waals surface area contributed by atoms with E-state index in [1.807, 2.05) is 0 Å². The minimum absolute atomic E-state index is 0.0192. The molecule has 0 aliphatic carbocycles. The van der Waals surface area contributed by atoms with Gasteiger partial charge >= 0.3 is 5.97 Å². The maximum absolute atomic E-state index is 12.9. The molecular formula is C20H22N2O6S. The zero-order valence-electron chi connectivity index (χ0n) is 16.1. The number of nitrogens with one attached hydrogen (secondary N) is 1. The van der Waals surface area contributed by atoms with Crippen LogP contribution in [0.5, 0.6) is 5.75 Å². The lowest BCUT2D eigenvalue weighted by molar-refractivity contribution is -0.124. The molecule has 0 aliphatic heterocycles. The highest BCUT2D eigenvalue weighted by Gasteiger charge is 2.23. The highest BCUT2D eigenvalue weighted by atomic mass is 32.2. The predicted molar refractivity (Wildman–Crippen MR) is 109 cm³/mol. The number of ether oxygens (including phenoxy) is 2. The van der Waals surface area contributed by atoms with E-state index in [0.29, 0.717) is 11.4 Å². The molecule has 0 radical (unpaired) electrons. The highest BCUT2D eigenvalue weighted by molar-refractivity contribution is 7.92. The number of nitrogens with zero attached hydrogens (tertiary/aromatic N) is 1. The minimum Gasteiger partial charge on any atom is -0.497 e. The first-order chi connectivity index (χ1) is 13.8. The van der Waals surface area contributed by atoms with E-state index < -0.39 is 28.5 Å². The summed E-state index contributed by atoms with van der Waals surface area (Å²) in [6.45, 7) is 3.24. The molecule has 1 amide bonds. The number of carbonyl (C=O) groups excluding carboxylic acids is 2. The van der Waals surface area contributed by atoms with Crippen LogP contribution >= 0.6 is 0 Å². The molecule has 0 fully saturated rings. The van der Waals surface area contributed by atoms with E-state index >= 15 is 0 Å². The number of methoxy groups -OCH3 is 1. The van der Waals surface area contributed by atoms with Crippen LogP contribution < -0.4 is 14.4 Å². The molecule has 0 aromatic heterocycles. The molecule has 0 saturated heterocycles. The predicted octanol–water partition coefficient (Wildman–Crippen LogP) is 1.98. The largest absolute Gasteiger partial charge is 0.497 e. The van der Waals surface area contributed by atoms with Gasteiger partial charge in [-0.15, -0.1) is 6.58 Å². The Labute approximate surface area is 169 Å². The fourth-order valence-electron chi connectivity index (χ4n) is 2.32. The SMILES string of the molecule is C=CCNC(=O)COC(=O)c1cccc(S(=O)(=O)N(C)c2ccc(OC)cc2)c1. The van der Waals surface area contributed by atoms with Crippen LogP contribution in [0.25, 0.3) is 0 Å². The highest BCUT2D eigenvalue weighted by Crippen LogP contribution is 2.24. The molecule has 0 spiro atoms. The number of carbonyl (C=O) groups is 2. The Morgan fingerprint density at radius 2 is 1.86 bits per heavy atom. The average Bonchev–Trinajstić information content (AvgIpc) is 2.75. The van der Waals surface area contributed by atoms with E-state index in [2.05, 4.69) is 11.9 Å². The molecule has 8 nitrogen and oxygen atoms in total. The summed E-state index contributed by atoms with van der Waals surface area (Å²) in [4.78, 5) is 23.6. The van der Waals surface area contributed by atoms with Crippen LogP contribution in [0.3, 0.4) is 0 Å². The van der Waals surface area contributed by atoms with Crippen molar-refractivity contribution in [2.75, 3.05) is 31.6 Å². The van der Waals surface area contributed by atoms with Gasteiger partial charge in [-0.25, -0.2) is 13.2 Å². The van der Waals surface area contributed by atoms with Gasteiger partial charge in [0.15, 0.2) is 6.61 Å². The zero-order chi connectivity index (χ0) is 21.4. The van der Waals surface area contributed by atoms with Gasteiger partial charge in [-0.2, -0.15) is 0 Å². The molecule has 0 heterocycles. The van der Waals surface area contributed by atoms with Crippen LogP contribution in [0.2, 0.25) is 0 Å². The van der Waals surface area contributed by atoms with Gasteiger partial charge in [0, 0.05) is 13.6 Å². The first-order valence-corrected chi connectivity index (χ1v) is 10.0. The first-order valence-electron chi connectivity index (χ1n) is 8.57. The molecule has 2 aromatic rings. The Morgan fingerprint density at radius 3 is 2.48 bits per heavy atom. The second kappa shape index (κ2) is 9.74. The summed E-state index contributed by atoms with van der Waals surface area (Å²) in [5.41, 5.74) is 0.448. The summed E-state index contributed by atoms with van der Waals surface area (Å²) < 4.78 is 36.9. The van der Waals surface area contributed by atoms with E-state index in [0.717, 1.165) is 4.31 Å². The van der Waals surface area contributed by atoms with Crippen LogP contribution in [0.4, 0.5) is 5.69 Å². The number of amides is 1. The van der Waals surface area contributed by atoms with Gasteiger partial charge in [0.2, 0.25) is 0 Å². The molecule has 29 heavy (non-hydrogen) atoms. The number of hydrogen-bond acceptors (Lipinski definition) is 6. The quantitative estimate of drug-likeness (QED) is 0.494. The van der Waals surface area contributed by atoms with Gasteiger partial charge in [0.05, 0.1) is 23.3 Å². The van der Waals surface area contributed by atoms with E-state index in [1.165, 1.54) is 44.5 Å². The summed E-state index contributed by atoms with van der Waals surface area (Å²) >= 11 is 0. The van der Waals surface area contributed by atoms with Gasteiger partial charge in [0.1, 0.15) is 5.75 Å².